The molecule has 0 unspecified atom stereocenters. The molecule has 7 heteroatoms. The smallest absolute Gasteiger partial charge is 0.277 e. The molecule has 0 radical (unpaired) electrons. The molecule has 40 heavy (non-hydrogen) atoms. The van der Waals surface area contributed by atoms with Gasteiger partial charge >= 0.3 is 0 Å². The van der Waals surface area contributed by atoms with E-state index in [4.69, 9.17) is 8.85 Å². The van der Waals surface area contributed by atoms with Crippen molar-refractivity contribution in [1.82, 2.24) is 24.1 Å². The number of hydrogen-bond donors (Lipinski definition) is 0. The monoisotopic (exact) mass is 522 g/mol. The van der Waals surface area contributed by atoms with E-state index >= 15 is 0 Å². The van der Waals surface area contributed by atoms with E-state index in [1.54, 1.807) is 24.7 Å². The van der Waals surface area contributed by atoms with Gasteiger partial charge in [0.2, 0.25) is 6.33 Å². The van der Waals surface area contributed by atoms with E-state index in [1.165, 1.54) is 12.3 Å². The lowest BCUT2D eigenvalue weighted by Gasteiger charge is -2.12. The van der Waals surface area contributed by atoms with Gasteiger partial charge in [-0.25, -0.2) is 14.1 Å². The van der Waals surface area contributed by atoms with Crippen molar-refractivity contribution in [3.8, 4) is 28.8 Å². The summed E-state index contributed by atoms with van der Waals surface area (Å²) in [6, 6.07) is 27.1. The number of pyridine rings is 2. The molecule has 0 spiro atoms. The van der Waals surface area contributed by atoms with Gasteiger partial charge in [0.05, 0.1) is 22.6 Å². The Kier molecular flexibility index (Phi) is 4.26. The van der Waals surface area contributed by atoms with Crippen LogP contribution < -0.4 is 9.30 Å². The van der Waals surface area contributed by atoms with Crippen LogP contribution in [0, 0.1) is 6.85 Å². The van der Waals surface area contributed by atoms with Crippen molar-refractivity contribution in [2.45, 2.75) is 6.85 Å². The van der Waals surface area contributed by atoms with Crippen LogP contribution in [0.2, 0.25) is 0 Å². The Bertz CT molecular complexity index is 2290. The fourth-order valence-electron chi connectivity index (χ4n) is 5.41. The van der Waals surface area contributed by atoms with Gasteiger partial charge in [-0.05, 0) is 67.0 Å². The van der Waals surface area contributed by atoms with E-state index in [0.29, 0.717) is 17.3 Å². The van der Waals surface area contributed by atoms with E-state index in [9.17, 15) is 0 Å². The zero-order valence-electron chi connectivity index (χ0n) is 24.1. The van der Waals surface area contributed by atoms with Gasteiger partial charge in [0, 0.05) is 39.4 Å². The van der Waals surface area contributed by atoms with Crippen molar-refractivity contribution < 1.29 is 13.4 Å². The molecule has 0 amide bonds. The number of aromatic nitrogens is 6. The van der Waals surface area contributed by atoms with E-state index in [-0.39, 0.29) is 5.56 Å². The highest BCUT2D eigenvalue weighted by Gasteiger charge is 2.19. The summed E-state index contributed by atoms with van der Waals surface area (Å²) in [4.78, 5) is 13.4. The Hall–Kier alpha value is -5.56. The maximum absolute atomic E-state index is 7.89. The molecule has 0 bridgehead atoms. The zero-order valence-corrected chi connectivity index (χ0v) is 21.1. The van der Waals surface area contributed by atoms with Gasteiger partial charge in [0.15, 0.2) is 0 Å². The third-order valence-corrected chi connectivity index (χ3v) is 7.16. The first kappa shape index (κ1) is 19.5. The lowest BCUT2D eigenvalue weighted by molar-refractivity contribution is -0.597. The molecule has 190 valence electrons. The lowest BCUT2D eigenvalue weighted by atomic mass is 10.2. The van der Waals surface area contributed by atoms with Crippen molar-refractivity contribution in [2.24, 2.45) is 0 Å². The van der Waals surface area contributed by atoms with Gasteiger partial charge in [0.25, 0.3) is 5.82 Å². The van der Waals surface area contributed by atoms with Crippen molar-refractivity contribution in [3.63, 3.8) is 0 Å². The lowest BCUT2D eigenvalue weighted by Crippen LogP contribution is -2.31. The minimum Gasteiger partial charge on any atom is -0.457 e. The molecular formula is C33H23N6O+. The van der Waals surface area contributed by atoms with Gasteiger partial charge in [-0.15, -0.1) is 4.98 Å². The minimum atomic E-state index is -2.25. The van der Waals surface area contributed by atoms with E-state index in [1.807, 2.05) is 82.3 Å². The van der Waals surface area contributed by atoms with Crippen LogP contribution in [0.25, 0.3) is 50.0 Å². The van der Waals surface area contributed by atoms with Crippen LogP contribution in [-0.2, 0) is 0 Å². The van der Waals surface area contributed by atoms with Crippen LogP contribution in [-0.4, -0.2) is 24.1 Å². The fourth-order valence-corrected chi connectivity index (χ4v) is 5.41. The molecule has 5 heterocycles. The van der Waals surface area contributed by atoms with Crippen molar-refractivity contribution >= 4 is 32.7 Å². The highest BCUT2D eigenvalue weighted by molar-refractivity contribution is 6.09. The summed E-state index contributed by atoms with van der Waals surface area (Å²) in [5.74, 6) is 2.70. The second-order valence-electron chi connectivity index (χ2n) is 9.57. The Labute approximate surface area is 233 Å². The summed E-state index contributed by atoms with van der Waals surface area (Å²) < 4.78 is 36.2. The number of para-hydroxylation sites is 1. The third-order valence-electron chi connectivity index (χ3n) is 7.16. The Morgan fingerprint density at radius 3 is 2.65 bits per heavy atom. The minimum absolute atomic E-state index is 0.222. The molecule has 2 aliphatic rings. The molecule has 3 aromatic carbocycles. The van der Waals surface area contributed by atoms with Gasteiger partial charge in [-0.2, -0.15) is 0 Å². The molecule has 6 aromatic rings. The normalized spacial score (nSPS) is 13.1. The summed E-state index contributed by atoms with van der Waals surface area (Å²) in [6.07, 6.45) is 10.8. The molecular weight excluding hydrogens is 496 g/mol. The molecule has 3 aromatic heterocycles. The maximum atomic E-state index is 7.89. The van der Waals surface area contributed by atoms with Gasteiger partial charge in [-0.1, -0.05) is 18.2 Å². The Morgan fingerprint density at radius 1 is 0.750 bits per heavy atom. The summed E-state index contributed by atoms with van der Waals surface area (Å²) in [5, 5.41) is 3.01. The fraction of sp³-hybridized carbons (Fsp3) is 0.0303. The number of hydrogen-bond acceptors (Lipinski definition) is 4. The van der Waals surface area contributed by atoms with Crippen molar-refractivity contribution in [3.05, 3.63) is 128 Å². The number of aryl methyl sites for hydroxylation is 1. The molecule has 7 nitrogen and oxygen atoms in total. The number of nitrogens with zero attached hydrogens (tertiary/aromatic N) is 6. The maximum Gasteiger partial charge on any atom is 0.277 e. The Balaban J connectivity index is 1.24. The number of fused-ring (bicyclic) bond motifs is 6. The average Bonchev–Trinajstić information content (AvgIpc) is 3.63. The number of ether oxygens (including phenoxy) is 1. The van der Waals surface area contributed by atoms with Crippen LogP contribution in [0.3, 0.4) is 0 Å². The Morgan fingerprint density at radius 2 is 1.68 bits per heavy atom. The van der Waals surface area contributed by atoms with Crippen LogP contribution in [0.4, 0.5) is 0 Å². The zero-order chi connectivity index (χ0) is 29.1. The first-order valence-electron chi connectivity index (χ1n) is 14.3. The summed E-state index contributed by atoms with van der Waals surface area (Å²) in [5.41, 5.74) is 3.85. The summed E-state index contributed by atoms with van der Waals surface area (Å²) in [7, 11) is 0. The number of imidazole rings is 1. The highest BCUT2D eigenvalue weighted by Crippen LogP contribution is 2.35. The predicted octanol–water partition coefficient (Wildman–Crippen LogP) is 6.73. The molecule has 0 aliphatic carbocycles. The largest absolute Gasteiger partial charge is 0.457 e. The quantitative estimate of drug-likeness (QED) is 0.241. The van der Waals surface area contributed by atoms with Crippen LogP contribution in [0.15, 0.2) is 122 Å². The third kappa shape index (κ3) is 3.52. The average molecular weight is 523 g/mol. The van der Waals surface area contributed by atoms with Crippen molar-refractivity contribution in [2.75, 3.05) is 0 Å². The predicted molar refractivity (Wildman–Crippen MR) is 155 cm³/mol. The van der Waals surface area contributed by atoms with Crippen molar-refractivity contribution in [1.29, 1.82) is 0 Å². The summed E-state index contributed by atoms with van der Waals surface area (Å²) in [6.45, 7) is -2.25. The first-order chi connectivity index (χ1) is 20.9. The van der Waals surface area contributed by atoms with Crippen LogP contribution >= 0.6 is 0 Å². The topological polar surface area (TPSA) is 61.6 Å². The van der Waals surface area contributed by atoms with Crippen LogP contribution in [0.5, 0.6) is 11.5 Å². The van der Waals surface area contributed by atoms with E-state index in [0.717, 1.165) is 44.2 Å². The van der Waals surface area contributed by atoms with Gasteiger partial charge < -0.3 is 4.74 Å². The number of benzene rings is 3. The van der Waals surface area contributed by atoms with Gasteiger partial charge in [-0.3, -0.25) is 9.55 Å². The molecule has 2 aliphatic heterocycles. The van der Waals surface area contributed by atoms with E-state index in [2.05, 4.69) is 31.7 Å². The molecule has 0 saturated carbocycles. The second-order valence-corrected chi connectivity index (χ2v) is 9.57. The van der Waals surface area contributed by atoms with Crippen LogP contribution in [0.1, 0.15) is 9.68 Å². The SMILES string of the molecule is [2H]C([2H])([2H])c1ccnc(-n2c3cnccc3c3ccc(Oc4cccc(-n5c[n+]6ccnc-6c6ccccc65)c4)cc32)c1. The molecule has 0 saturated heterocycles. The van der Waals surface area contributed by atoms with E-state index < -0.39 is 6.85 Å². The summed E-state index contributed by atoms with van der Waals surface area (Å²) >= 11 is 0. The molecule has 0 fully saturated rings. The highest BCUT2D eigenvalue weighted by atomic mass is 16.5. The van der Waals surface area contributed by atoms with Gasteiger partial charge in [0.1, 0.15) is 40.9 Å². The standard InChI is InChI=1S/C33H23N6O/c1-22-11-14-35-32(17-22)39-30-19-25(9-10-26(30)27-12-13-34-20-31(27)39)40-24-6-4-5-23(18-24)38-21-37-16-15-36-33(37)28-7-2-3-8-29(28)38/h2-21H,1H3/q+1/i1D3. The molecule has 0 N–H and O–H groups in total. The number of rotatable bonds is 4. The molecule has 0 atom stereocenters. The first-order valence-corrected chi connectivity index (χ1v) is 12.8. The molecule has 8 rings (SSSR count). The second kappa shape index (κ2) is 8.74.